The zero-order valence-electron chi connectivity index (χ0n) is 23.0. The number of aryl methyl sites for hydroxylation is 2. The van der Waals surface area contributed by atoms with Crippen molar-refractivity contribution in [1.29, 1.82) is 0 Å². The highest BCUT2D eigenvalue weighted by molar-refractivity contribution is 7.98. The molecule has 1 aliphatic carbocycles. The number of aromatic nitrogens is 4. The van der Waals surface area contributed by atoms with Crippen LogP contribution in [0.2, 0.25) is 0 Å². The normalized spacial score (nSPS) is 15.3. The van der Waals surface area contributed by atoms with Crippen LogP contribution < -0.4 is 10.2 Å². The summed E-state index contributed by atoms with van der Waals surface area (Å²) in [6, 6.07) is 6.59. The van der Waals surface area contributed by atoms with Crippen LogP contribution >= 0.6 is 11.8 Å². The maximum atomic E-state index is 15.0. The summed E-state index contributed by atoms with van der Waals surface area (Å²) in [7, 11) is 3.52. The van der Waals surface area contributed by atoms with E-state index < -0.39 is 11.6 Å². The van der Waals surface area contributed by atoms with Gasteiger partial charge in [-0.25, -0.2) is 13.8 Å². The first-order valence-corrected chi connectivity index (χ1v) is 13.9. The van der Waals surface area contributed by atoms with Gasteiger partial charge in [-0.15, -0.1) is 11.8 Å². The van der Waals surface area contributed by atoms with Crippen LogP contribution in [0, 0.1) is 24.5 Å². The summed E-state index contributed by atoms with van der Waals surface area (Å²) in [5.41, 5.74) is 4.91. The van der Waals surface area contributed by atoms with Crippen LogP contribution in [0.4, 0.5) is 20.3 Å². The highest BCUT2D eigenvalue weighted by Crippen LogP contribution is 2.46. The van der Waals surface area contributed by atoms with E-state index in [1.807, 2.05) is 32.3 Å². The molecule has 1 aliphatic rings. The highest BCUT2D eigenvalue weighted by atomic mass is 32.2. The number of allylic oxidation sites excluding steroid dienone is 3. The topological polar surface area (TPSA) is 74.1 Å². The number of nitrogens with one attached hydrogen (secondary N) is 2. The van der Waals surface area contributed by atoms with Crippen LogP contribution in [-0.4, -0.2) is 39.1 Å². The molecule has 0 saturated heterocycles. The molecule has 0 amide bonds. The van der Waals surface area contributed by atoms with Gasteiger partial charge in [-0.2, -0.15) is 10.2 Å². The number of aromatic amines is 1. The number of benzene rings is 1. The second-order valence-electron chi connectivity index (χ2n) is 9.64. The molecule has 0 bridgehead atoms. The zero-order chi connectivity index (χ0) is 27.6. The molecular weight excluding hydrogens is 504 g/mol. The Kier molecular flexibility index (Phi) is 8.40. The molecule has 2 N–H and O–H groups in total. The van der Waals surface area contributed by atoms with Gasteiger partial charge < -0.3 is 10.2 Å². The molecule has 1 saturated carbocycles. The molecule has 4 rings (SSSR count). The van der Waals surface area contributed by atoms with Crippen molar-refractivity contribution in [3.8, 4) is 0 Å². The van der Waals surface area contributed by atoms with Gasteiger partial charge in [-0.1, -0.05) is 12.5 Å². The van der Waals surface area contributed by atoms with Crippen molar-refractivity contribution < 1.29 is 8.78 Å². The Bertz CT molecular complexity index is 1390. The Hall–Kier alpha value is -3.40. The first-order valence-electron chi connectivity index (χ1n) is 12.7. The van der Waals surface area contributed by atoms with Crippen molar-refractivity contribution in [3.05, 3.63) is 70.5 Å². The van der Waals surface area contributed by atoms with Crippen LogP contribution in [0.3, 0.4) is 0 Å². The average molecular weight is 540 g/mol. The molecule has 202 valence electrons. The Labute approximate surface area is 227 Å². The summed E-state index contributed by atoms with van der Waals surface area (Å²) in [4.78, 5) is 6.94. The number of aliphatic imine (C=N–C) groups is 1. The molecule has 1 aromatic carbocycles. The molecule has 10 heteroatoms. The maximum Gasteiger partial charge on any atom is 0.153 e. The van der Waals surface area contributed by atoms with Crippen LogP contribution in [0.5, 0.6) is 0 Å². The minimum Gasteiger partial charge on any atom is -0.328 e. The Morgan fingerprint density at radius 2 is 1.92 bits per heavy atom. The van der Waals surface area contributed by atoms with Gasteiger partial charge in [0.25, 0.3) is 0 Å². The molecular formula is C28H35F2N7S. The quantitative estimate of drug-likeness (QED) is 0.134. The smallest absolute Gasteiger partial charge is 0.153 e. The lowest BCUT2D eigenvalue weighted by Gasteiger charge is -2.23. The first kappa shape index (κ1) is 27.6. The number of hydrogen-bond donors (Lipinski definition) is 2. The van der Waals surface area contributed by atoms with E-state index in [0.717, 1.165) is 41.8 Å². The van der Waals surface area contributed by atoms with Crippen molar-refractivity contribution in [1.82, 2.24) is 20.0 Å². The van der Waals surface area contributed by atoms with E-state index in [1.165, 1.54) is 34.4 Å². The van der Waals surface area contributed by atoms with E-state index in [1.54, 1.807) is 24.9 Å². The number of rotatable bonds is 9. The minimum atomic E-state index is -0.633. The second-order valence-corrected chi connectivity index (χ2v) is 10.5. The number of H-pyrrole nitrogens is 1. The fourth-order valence-corrected chi connectivity index (χ4v) is 4.78. The summed E-state index contributed by atoms with van der Waals surface area (Å²) in [5.74, 6) is 0.663. The lowest BCUT2D eigenvalue weighted by molar-refractivity contribution is 0.579. The van der Waals surface area contributed by atoms with E-state index >= 15 is 0 Å². The van der Waals surface area contributed by atoms with Crippen LogP contribution in [-0.2, 0) is 7.05 Å². The third kappa shape index (κ3) is 6.01. The minimum absolute atomic E-state index is 0.141. The Balaban J connectivity index is 1.90. The lowest BCUT2D eigenvalue weighted by Crippen LogP contribution is -2.26. The second kappa shape index (κ2) is 11.6. The molecule has 7 nitrogen and oxygen atoms in total. The Morgan fingerprint density at radius 3 is 2.42 bits per heavy atom. The molecule has 0 spiro atoms. The van der Waals surface area contributed by atoms with E-state index in [0.29, 0.717) is 22.4 Å². The van der Waals surface area contributed by atoms with Crippen molar-refractivity contribution in [2.75, 3.05) is 23.5 Å². The Morgan fingerprint density at radius 1 is 1.24 bits per heavy atom. The summed E-state index contributed by atoms with van der Waals surface area (Å²) in [6.45, 7) is 7.92. The number of nitrogens with zero attached hydrogens (tertiary/aromatic N) is 5. The molecule has 1 fully saturated rings. The van der Waals surface area contributed by atoms with Crippen LogP contribution in [0.25, 0.3) is 5.57 Å². The summed E-state index contributed by atoms with van der Waals surface area (Å²) >= 11 is 1.29. The van der Waals surface area contributed by atoms with Crippen molar-refractivity contribution in [2.24, 2.45) is 18.0 Å². The molecule has 0 atom stereocenters. The van der Waals surface area contributed by atoms with Crippen LogP contribution in [0.1, 0.15) is 51.4 Å². The van der Waals surface area contributed by atoms with Gasteiger partial charge in [-0.05, 0) is 70.4 Å². The molecule has 38 heavy (non-hydrogen) atoms. The number of hydrogen-bond acceptors (Lipinski definition) is 5. The predicted octanol–water partition coefficient (Wildman–Crippen LogP) is 6.92. The monoisotopic (exact) mass is 539 g/mol. The number of amidine groups is 1. The SMILES string of the molecule is CC/C(C)=C(/C(=C(\N=C(/C)N(C)c1c(F)cc(SC)cc1F)Nc1cc(C)[nH]n1)C1CC1)c1ccn(C)n1. The highest BCUT2D eigenvalue weighted by Gasteiger charge is 2.34. The van der Waals surface area contributed by atoms with E-state index in [-0.39, 0.29) is 11.6 Å². The van der Waals surface area contributed by atoms with Gasteiger partial charge in [0.2, 0.25) is 0 Å². The summed E-state index contributed by atoms with van der Waals surface area (Å²) in [6.07, 6.45) is 6.61. The predicted molar refractivity (Wildman–Crippen MR) is 152 cm³/mol. The summed E-state index contributed by atoms with van der Waals surface area (Å²) in [5, 5.41) is 15.5. The van der Waals surface area contributed by atoms with E-state index in [9.17, 15) is 8.78 Å². The molecule has 2 heterocycles. The van der Waals surface area contributed by atoms with E-state index in [2.05, 4.69) is 29.4 Å². The average Bonchev–Trinajstić information content (AvgIpc) is 3.50. The van der Waals surface area contributed by atoms with Crippen molar-refractivity contribution in [2.45, 2.75) is 51.9 Å². The van der Waals surface area contributed by atoms with E-state index in [4.69, 9.17) is 10.1 Å². The van der Waals surface area contributed by atoms with Crippen LogP contribution in [0.15, 0.2) is 57.3 Å². The third-order valence-corrected chi connectivity index (χ3v) is 7.42. The molecule has 0 radical (unpaired) electrons. The van der Waals surface area contributed by atoms with Gasteiger partial charge in [0.05, 0.1) is 5.69 Å². The van der Waals surface area contributed by atoms with Gasteiger partial charge in [-0.3, -0.25) is 9.78 Å². The number of halogens is 2. The molecule has 2 aromatic heterocycles. The number of thioether (sulfide) groups is 1. The summed E-state index contributed by atoms with van der Waals surface area (Å²) < 4.78 is 31.8. The lowest BCUT2D eigenvalue weighted by atomic mass is 9.92. The largest absolute Gasteiger partial charge is 0.328 e. The standard InChI is InChI=1S/C28H35F2N7S/c1-8-16(2)25(23-11-12-36(5)35-23)26(19-9-10-19)28(32-24-13-17(3)33-34-24)31-18(4)37(6)27-21(29)14-20(38-7)15-22(27)30/h11-15,19H,8-10H2,1-7H3,(H2,32,33,34)/b25-16+,28-26+,31-18+. The fraction of sp³-hybridized carbons (Fsp3) is 0.393. The molecule has 0 unspecified atom stereocenters. The fourth-order valence-electron chi connectivity index (χ4n) is 4.34. The molecule has 0 aliphatic heterocycles. The third-order valence-electron chi connectivity index (χ3n) is 6.71. The number of anilines is 2. The maximum absolute atomic E-state index is 15.0. The molecule has 3 aromatic rings. The zero-order valence-corrected chi connectivity index (χ0v) is 23.8. The van der Waals surface area contributed by atoms with Gasteiger partial charge in [0.15, 0.2) is 17.5 Å². The van der Waals surface area contributed by atoms with Crippen molar-refractivity contribution in [3.63, 3.8) is 0 Å². The first-order chi connectivity index (χ1) is 18.1. The van der Waals surface area contributed by atoms with Gasteiger partial charge >= 0.3 is 0 Å². The van der Waals surface area contributed by atoms with Crippen molar-refractivity contribution >= 4 is 34.7 Å². The van der Waals surface area contributed by atoms with Gasteiger partial charge in [0.1, 0.15) is 17.3 Å². The van der Waals surface area contributed by atoms with Gasteiger partial charge in [0, 0.05) is 48.1 Å².